The molecule has 0 bridgehead atoms. The summed E-state index contributed by atoms with van der Waals surface area (Å²) in [6.07, 6.45) is -1.89. The predicted molar refractivity (Wildman–Crippen MR) is 76.3 cm³/mol. The molecule has 3 N–H and O–H groups in total. The van der Waals surface area contributed by atoms with E-state index in [1.165, 1.54) is 13.8 Å². The summed E-state index contributed by atoms with van der Waals surface area (Å²) in [4.78, 5) is 21.9. The van der Waals surface area contributed by atoms with Crippen molar-refractivity contribution in [3.05, 3.63) is 29.8 Å². The Bertz CT molecular complexity index is 469. The van der Waals surface area contributed by atoms with E-state index in [-0.39, 0.29) is 11.8 Å². The first-order valence-corrected chi connectivity index (χ1v) is 6.54. The monoisotopic (exact) mass is 279 g/mol. The number of anilines is 1. The fourth-order valence-corrected chi connectivity index (χ4v) is 1.97. The molecule has 1 unspecified atom stereocenters. The molecule has 0 spiro atoms. The number of benzene rings is 1. The number of ketones is 1. The molecule has 1 aromatic rings. The van der Waals surface area contributed by atoms with Gasteiger partial charge in [-0.3, -0.25) is 9.59 Å². The van der Waals surface area contributed by atoms with Gasteiger partial charge in [-0.25, -0.2) is 0 Å². The van der Waals surface area contributed by atoms with Gasteiger partial charge >= 0.3 is 0 Å². The van der Waals surface area contributed by atoms with Gasteiger partial charge in [0.2, 0.25) is 5.91 Å². The first-order chi connectivity index (χ1) is 9.31. The number of aliphatic hydroxyl groups excluding tert-OH is 2. The van der Waals surface area contributed by atoms with Gasteiger partial charge in [-0.05, 0) is 37.0 Å². The smallest absolute Gasteiger partial charge is 0.221 e. The summed E-state index contributed by atoms with van der Waals surface area (Å²) < 4.78 is 0. The first-order valence-electron chi connectivity index (χ1n) is 6.54. The summed E-state index contributed by atoms with van der Waals surface area (Å²) in [6, 6.07) is 7.23. The Labute approximate surface area is 118 Å². The quantitative estimate of drug-likeness (QED) is 0.728. The number of hydrogen-bond acceptors (Lipinski definition) is 4. The molecular weight excluding hydrogens is 258 g/mol. The van der Waals surface area contributed by atoms with Crippen molar-refractivity contribution < 1.29 is 19.8 Å². The van der Waals surface area contributed by atoms with E-state index in [0.717, 1.165) is 5.56 Å². The average molecular weight is 279 g/mol. The molecule has 5 nitrogen and oxygen atoms in total. The van der Waals surface area contributed by atoms with Crippen LogP contribution in [0.5, 0.6) is 0 Å². The Balaban J connectivity index is 2.64. The van der Waals surface area contributed by atoms with E-state index in [9.17, 15) is 19.8 Å². The van der Waals surface area contributed by atoms with Crippen molar-refractivity contribution in [3.63, 3.8) is 0 Å². The Hall–Kier alpha value is -1.72. The number of aliphatic hydroxyl groups is 2. The maximum absolute atomic E-state index is 11.0. The zero-order valence-corrected chi connectivity index (χ0v) is 12.0. The first kappa shape index (κ1) is 16.3. The summed E-state index contributed by atoms with van der Waals surface area (Å²) >= 11 is 0. The molecule has 0 heterocycles. The SMILES string of the molecule is CC(=O)Nc1ccc(CC(C)[C@H](O)[C@@H](O)C(C)=O)cc1. The van der Waals surface area contributed by atoms with Crippen LogP contribution in [0.1, 0.15) is 26.3 Å². The Morgan fingerprint density at radius 1 is 1.15 bits per heavy atom. The van der Waals surface area contributed by atoms with Crippen LogP contribution < -0.4 is 5.32 Å². The third kappa shape index (κ3) is 4.75. The molecule has 0 fully saturated rings. The number of Topliss-reactive ketones (excluding diaryl/α,β-unsaturated/α-hetero) is 1. The van der Waals surface area contributed by atoms with Gasteiger partial charge in [-0.1, -0.05) is 19.1 Å². The second-order valence-electron chi connectivity index (χ2n) is 5.11. The van der Waals surface area contributed by atoms with Crippen molar-refractivity contribution in [2.45, 2.75) is 39.4 Å². The summed E-state index contributed by atoms with van der Waals surface area (Å²) in [7, 11) is 0. The van der Waals surface area contributed by atoms with Crippen LogP contribution >= 0.6 is 0 Å². The van der Waals surface area contributed by atoms with Gasteiger partial charge in [-0.2, -0.15) is 0 Å². The van der Waals surface area contributed by atoms with Gasteiger partial charge in [0.1, 0.15) is 6.10 Å². The molecule has 0 saturated heterocycles. The molecule has 0 aliphatic carbocycles. The van der Waals surface area contributed by atoms with Gasteiger partial charge in [0.25, 0.3) is 0 Å². The van der Waals surface area contributed by atoms with Crippen LogP contribution in [0.15, 0.2) is 24.3 Å². The number of rotatable bonds is 6. The van der Waals surface area contributed by atoms with Crippen LogP contribution in [0, 0.1) is 5.92 Å². The van der Waals surface area contributed by atoms with Gasteiger partial charge in [0, 0.05) is 12.6 Å². The van der Waals surface area contributed by atoms with E-state index >= 15 is 0 Å². The second-order valence-corrected chi connectivity index (χ2v) is 5.11. The lowest BCUT2D eigenvalue weighted by Gasteiger charge is -2.22. The van der Waals surface area contributed by atoms with E-state index in [4.69, 9.17) is 0 Å². The van der Waals surface area contributed by atoms with E-state index in [2.05, 4.69) is 5.32 Å². The zero-order valence-electron chi connectivity index (χ0n) is 12.0. The molecule has 110 valence electrons. The number of nitrogens with one attached hydrogen (secondary N) is 1. The molecule has 0 radical (unpaired) electrons. The minimum Gasteiger partial charge on any atom is -0.390 e. The topological polar surface area (TPSA) is 86.6 Å². The fourth-order valence-electron chi connectivity index (χ4n) is 1.97. The number of amides is 1. The molecule has 0 aromatic heterocycles. The lowest BCUT2D eigenvalue weighted by Crippen LogP contribution is -2.37. The van der Waals surface area contributed by atoms with E-state index in [0.29, 0.717) is 12.1 Å². The number of carbonyl (C=O) groups excluding carboxylic acids is 2. The third-order valence-corrected chi connectivity index (χ3v) is 3.16. The van der Waals surface area contributed by atoms with Crippen LogP contribution in [0.2, 0.25) is 0 Å². The zero-order chi connectivity index (χ0) is 15.3. The lowest BCUT2D eigenvalue weighted by molar-refractivity contribution is -0.132. The molecule has 1 rings (SSSR count). The van der Waals surface area contributed by atoms with Crippen LogP contribution in [-0.4, -0.2) is 34.1 Å². The third-order valence-electron chi connectivity index (χ3n) is 3.16. The van der Waals surface area contributed by atoms with Gasteiger partial charge in [0.15, 0.2) is 5.78 Å². The summed E-state index contributed by atoms with van der Waals surface area (Å²) in [5.74, 6) is -0.822. The Morgan fingerprint density at radius 2 is 1.70 bits per heavy atom. The molecule has 0 aliphatic heterocycles. The summed E-state index contributed by atoms with van der Waals surface area (Å²) in [5.41, 5.74) is 1.67. The van der Waals surface area contributed by atoms with Crippen LogP contribution in [0.3, 0.4) is 0 Å². The molecule has 3 atom stereocenters. The fraction of sp³-hybridized carbons (Fsp3) is 0.467. The Morgan fingerprint density at radius 3 is 2.15 bits per heavy atom. The van der Waals surface area contributed by atoms with Gasteiger partial charge in [0.05, 0.1) is 6.10 Å². The van der Waals surface area contributed by atoms with E-state index in [1.54, 1.807) is 19.1 Å². The highest BCUT2D eigenvalue weighted by atomic mass is 16.3. The van der Waals surface area contributed by atoms with Crippen molar-refractivity contribution in [2.24, 2.45) is 5.92 Å². The molecule has 1 amide bonds. The van der Waals surface area contributed by atoms with Crippen LogP contribution in [0.4, 0.5) is 5.69 Å². The van der Waals surface area contributed by atoms with Crippen LogP contribution in [0.25, 0.3) is 0 Å². The van der Waals surface area contributed by atoms with Crippen molar-refractivity contribution >= 4 is 17.4 Å². The number of hydrogen-bond donors (Lipinski definition) is 3. The van der Waals surface area contributed by atoms with Gasteiger partial charge in [-0.15, -0.1) is 0 Å². The highest BCUT2D eigenvalue weighted by molar-refractivity contribution is 5.88. The molecule has 5 heteroatoms. The highest BCUT2D eigenvalue weighted by Gasteiger charge is 2.26. The summed E-state index contributed by atoms with van der Waals surface area (Å²) in [6.45, 7) is 4.47. The maximum atomic E-state index is 11.0. The van der Waals surface area contributed by atoms with Gasteiger partial charge < -0.3 is 15.5 Å². The highest BCUT2D eigenvalue weighted by Crippen LogP contribution is 2.17. The minimum absolute atomic E-state index is 0.133. The molecule has 20 heavy (non-hydrogen) atoms. The molecule has 0 aliphatic rings. The molecular formula is C15H21NO4. The Kier molecular flexibility index (Phi) is 5.85. The molecule has 0 saturated carbocycles. The van der Waals surface area contributed by atoms with E-state index < -0.39 is 18.0 Å². The predicted octanol–water partition coefficient (Wildman–Crippen LogP) is 1.13. The van der Waals surface area contributed by atoms with Crippen molar-refractivity contribution in [1.82, 2.24) is 0 Å². The average Bonchev–Trinajstić information content (AvgIpc) is 2.38. The van der Waals surface area contributed by atoms with Crippen LogP contribution in [-0.2, 0) is 16.0 Å². The van der Waals surface area contributed by atoms with Crippen molar-refractivity contribution in [1.29, 1.82) is 0 Å². The van der Waals surface area contributed by atoms with Crippen molar-refractivity contribution in [2.75, 3.05) is 5.32 Å². The normalized spacial score (nSPS) is 15.2. The maximum Gasteiger partial charge on any atom is 0.221 e. The number of carbonyl (C=O) groups is 2. The summed E-state index contributed by atoms with van der Waals surface area (Å²) in [5, 5.41) is 22.1. The van der Waals surface area contributed by atoms with E-state index in [1.807, 2.05) is 12.1 Å². The lowest BCUT2D eigenvalue weighted by atomic mass is 9.91. The second kappa shape index (κ2) is 7.17. The minimum atomic E-state index is -1.34. The largest absolute Gasteiger partial charge is 0.390 e. The molecule has 1 aromatic carbocycles. The standard InChI is InChI=1S/C15H21NO4/c1-9(14(19)15(20)10(2)17)8-12-4-6-13(7-5-12)16-11(3)18/h4-7,9,14-15,19-20H,8H2,1-3H3,(H,16,18)/t9?,14-,15-/m0/s1. The van der Waals surface area contributed by atoms with Crippen molar-refractivity contribution in [3.8, 4) is 0 Å².